The number of hydrogen-bond acceptors (Lipinski definition) is 3. The standard InChI is InChI=1S/C18H18BrF2N5O/c1-22-18(23-8-12-4-2-3-5-15(12)27-17(20)21)24-9-14-11-26-10-13(19)6-7-16(26)25-14/h2-7,10-11,17H,8-9H2,1H3,(H2,22,23,24). The molecule has 0 aliphatic carbocycles. The maximum absolute atomic E-state index is 12.5. The summed E-state index contributed by atoms with van der Waals surface area (Å²) in [5.41, 5.74) is 2.30. The first-order valence-electron chi connectivity index (χ1n) is 8.15. The molecule has 1 aromatic carbocycles. The first-order valence-corrected chi connectivity index (χ1v) is 8.95. The molecule has 3 aromatic rings. The fourth-order valence-electron chi connectivity index (χ4n) is 2.54. The average molecular weight is 438 g/mol. The highest BCUT2D eigenvalue weighted by Crippen LogP contribution is 2.20. The van der Waals surface area contributed by atoms with E-state index in [1.165, 1.54) is 6.07 Å². The second kappa shape index (κ2) is 8.81. The highest BCUT2D eigenvalue weighted by atomic mass is 79.9. The van der Waals surface area contributed by atoms with E-state index in [1.807, 2.05) is 28.9 Å². The molecule has 0 bridgehead atoms. The number of aliphatic imine (C=N–C) groups is 1. The number of rotatable bonds is 6. The van der Waals surface area contributed by atoms with Crippen LogP contribution in [0.5, 0.6) is 5.75 Å². The van der Waals surface area contributed by atoms with Crippen LogP contribution < -0.4 is 15.4 Å². The first kappa shape index (κ1) is 19.1. The van der Waals surface area contributed by atoms with Crippen molar-refractivity contribution in [2.75, 3.05) is 7.05 Å². The Labute approximate surface area is 163 Å². The van der Waals surface area contributed by atoms with E-state index < -0.39 is 6.61 Å². The number of halogens is 3. The van der Waals surface area contributed by atoms with Gasteiger partial charge in [-0.05, 0) is 34.1 Å². The van der Waals surface area contributed by atoms with Gasteiger partial charge < -0.3 is 19.8 Å². The van der Waals surface area contributed by atoms with Crippen molar-refractivity contribution in [2.24, 2.45) is 4.99 Å². The molecule has 0 radical (unpaired) electrons. The fraction of sp³-hybridized carbons (Fsp3) is 0.222. The topological polar surface area (TPSA) is 63.0 Å². The zero-order valence-electron chi connectivity index (χ0n) is 14.5. The number of aromatic nitrogens is 2. The average Bonchev–Trinajstić information content (AvgIpc) is 3.04. The first-order chi connectivity index (χ1) is 13.0. The van der Waals surface area contributed by atoms with Gasteiger partial charge in [-0.3, -0.25) is 4.99 Å². The van der Waals surface area contributed by atoms with Crippen molar-refractivity contribution >= 4 is 27.5 Å². The minimum Gasteiger partial charge on any atom is -0.434 e. The lowest BCUT2D eigenvalue weighted by Gasteiger charge is -2.14. The molecule has 0 aliphatic heterocycles. The van der Waals surface area contributed by atoms with Gasteiger partial charge in [-0.1, -0.05) is 18.2 Å². The third-order valence-corrected chi connectivity index (χ3v) is 4.23. The molecule has 0 aliphatic rings. The molecule has 0 fully saturated rings. The van der Waals surface area contributed by atoms with Crippen LogP contribution in [0.2, 0.25) is 0 Å². The number of benzene rings is 1. The Bertz CT molecular complexity index is 944. The molecule has 0 saturated carbocycles. The Morgan fingerprint density at radius 2 is 1.96 bits per heavy atom. The third-order valence-electron chi connectivity index (χ3n) is 3.76. The van der Waals surface area contributed by atoms with Crippen LogP contribution in [-0.4, -0.2) is 29.0 Å². The molecule has 2 N–H and O–H groups in total. The number of guanidine groups is 1. The van der Waals surface area contributed by atoms with E-state index in [0.29, 0.717) is 24.6 Å². The molecule has 0 amide bonds. The van der Waals surface area contributed by atoms with Gasteiger partial charge in [0.1, 0.15) is 11.4 Å². The minimum atomic E-state index is -2.86. The van der Waals surface area contributed by atoms with Gasteiger partial charge >= 0.3 is 6.61 Å². The van der Waals surface area contributed by atoms with E-state index in [1.54, 1.807) is 25.2 Å². The highest BCUT2D eigenvalue weighted by molar-refractivity contribution is 9.10. The summed E-state index contributed by atoms with van der Waals surface area (Å²) in [5.74, 6) is 0.668. The Morgan fingerprint density at radius 3 is 2.74 bits per heavy atom. The van der Waals surface area contributed by atoms with E-state index in [4.69, 9.17) is 0 Å². The molecule has 6 nitrogen and oxygen atoms in total. The number of para-hydroxylation sites is 1. The molecule has 27 heavy (non-hydrogen) atoms. The molecular formula is C18H18BrF2N5O. The van der Waals surface area contributed by atoms with Gasteiger partial charge in [-0.25, -0.2) is 4.98 Å². The molecule has 2 aromatic heterocycles. The zero-order chi connectivity index (χ0) is 19.2. The molecule has 142 valence electrons. The van der Waals surface area contributed by atoms with E-state index in [0.717, 1.165) is 15.8 Å². The summed E-state index contributed by atoms with van der Waals surface area (Å²) in [6.45, 7) is -2.10. The van der Waals surface area contributed by atoms with Crippen molar-refractivity contribution in [2.45, 2.75) is 19.7 Å². The highest BCUT2D eigenvalue weighted by Gasteiger charge is 2.10. The lowest BCUT2D eigenvalue weighted by Crippen LogP contribution is -2.36. The van der Waals surface area contributed by atoms with E-state index in [9.17, 15) is 8.78 Å². The summed E-state index contributed by atoms with van der Waals surface area (Å²) >= 11 is 3.43. The molecule has 0 atom stereocenters. The van der Waals surface area contributed by atoms with Crippen molar-refractivity contribution < 1.29 is 13.5 Å². The SMILES string of the molecule is CN=C(NCc1cn2cc(Br)ccc2n1)NCc1ccccc1OC(F)F. The maximum atomic E-state index is 12.5. The number of imidazole rings is 1. The van der Waals surface area contributed by atoms with E-state index in [2.05, 4.69) is 41.3 Å². The fourth-order valence-corrected chi connectivity index (χ4v) is 2.89. The quantitative estimate of drug-likeness (QED) is 0.457. The second-order valence-electron chi connectivity index (χ2n) is 5.61. The molecule has 0 spiro atoms. The Balaban J connectivity index is 1.59. The molecule has 2 heterocycles. The minimum absolute atomic E-state index is 0.140. The van der Waals surface area contributed by atoms with E-state index in [-0.39, 0.29) is 5.75 Å². The summed E-state index contributed by atoms with van der Waals surface area (Å²) < 4.78 is 32.4. The van der Waals surface area contributed by atoms with Gasteiger partial charge in [-0.15, -0.1) is 0 Å². The van der Waals surface area contributed by atoms with E-state index >= 15 is 0 Å². The van der Waals surface area contributed by atoms with Gasteiger partial charge in [0.2, 0.25) is 0 Å². The van der Waals surface area contributed by atoms with Gasteiger partial charge in [0.05, 0.1) is 12.2 Å². The van der Waals surface area contributed by atoms with Crippen LogP contribution in [0.1, 0.15) is 11.3 Å². The van der Waals surface area contributed by atoms with Gasteiger partial charge in [0, 0.05) is 36.0 Å². The number of hydrogen-bond donors (Lipinski definition) is 2. The van der Waals surface area contributed by atoms with Crippen molar-refractivity contribution in [1.29, 1.82) is 0 Å². The largest absolute Gasteiger partial charge is 0.434 e. The lowest BCUT2D eigenvalue weighted by molar-refractivity contribution is -0.0504. The predicted molar refractivity (Wildman–Crippen MR) is 103 cm³/mol. The van der Waals surface area contributed by atoms with Crippen LogP contribution in [0.4, 0.5) is 8.78 Å². The smallest absolute Gasteiger partial charge is 0.387 e. The van der Waals surface area contributed by atoms with Gasteiger partial charge in [0.25, 0.3) is 0 Å². The molecule has 9 heteroatoms. The van der Waals surface area contributed by atoms with Gasteiger partial charge in [-0.2, -0.15) is 8.78 Å². The van der Waals surface area contributed by atoms with Crippen LogP contribution in [0.15, 0.2) is 58.3 Å². The molecule has 3 rings (SSSR count). The predicted octanol–water partition coefficient (Wildman–Crippen LogP) is 3.56. The van der Waals surface area contributed by atoms with Crippen LogP contribution in [0, 0.1) is 0 Å². The van der Waals surface area contributed by atoms with Crippen LogP contribution in [0.25, 0.3) is 5.65 Å². The number of nitrogens with one attached hydrogen (secondary N) is 2. The summed E-state index contributed by atoms with van der Waals surface area (Å²) in [4.78, 5) is 8.66. The maximum Gasteiger partial charge on any atom is 0.387 e. The number of pyridine rings is 1. The van der Waals surface area contributed by atoms with Gasteiger partial charge in [0.15, 0.2) is 5.96 Å². The lowest BCUT2D eigenvalue weighted by atomic mass is 10.2. The Hall–Kier alpha value is -2.68. The third kappa shape index (κ3) is 5.16. The second-order valence-corrected chi connectivity index (χ2v) is 6.53. The Kier molecular flexibility index (Phi) is 6.23. The zero-order valence-corrected chi connectivity index (χ0v) is 16.1. The molecule has 0 unspecified atom stereocenters. The van der Waals surface area contributed by atoms with Crippen molar-refractivity contribution in [3.8, 4) is 5.75 Å². The Morgan fingerprint density at radius 1 is 1.19 bits per heavy atom. The van der Waals surface area contributed by atoms with Crippen LogP contribution in [0.3, 0.4) is 0 Å². The van der Waals surface area contributed by atoms with Crippen molar-refractivity contribution in [1.82, 2.24) is 20.0 Å². The van der Waals surface area contributed by atoms with Crippen LogP contribution >= 0.6 is 15.9 Å². The number of nitrogens with zero attached hydrogens (tertiary/aromatic N) is 3. The number of ether oxygens (including phenoxy) is 1. The summed E-state index contributed by atoms with van der Waals surface area (Å²) in [6.07, 6.45) is 3.85. The summed E-state index contributed by atoms with van der Waals surface area (Å²) in [6, 6.07) is 10.5. The monoisotopic (exact) mass is 437 g/mol. The number of fused-ring (bicyclic) bond motifs is 1. The normalized spacial score (nSPS) is 11.8. The summed E-state index contributed by atoms with van der Waals surface area (Å²) in [7, 11) is 1.64. The molecule has 0 saturated heterocycles. The van der Waals surface area contributed by atoms with Crippen molar-refractivity contribution in [3.63, 3.8) is 0 Å². The molecular weight excluding hydrogens is 420 g/mol. The number of alkyl halides is 2. The van der Waals surface area contributed by atoms with Crippen LogP contribution in [-0.2, 0) is 13.1 Å². The van der Waals surface area contributed by atoms with Crippen molar-refractivity contribution in [3.05, 3.63) is 64.5 Å². The summed E-state index contributed by atoms with van der Waals surface area (Å²) in [5, 5.41) is 6.24.